The molecule has 0 bridgehead atoms. The van der Waals surface area contributed by atoms with Crippen molar-refractivity contribution in [2.45, 2.75) is 26.4 Å². The number of benzene rings is 1. The lowest BCUT2D eigenvalue weighted by Gasteiger charge is -2.30. The summed E-state index contributed by atoms with van der Waals surface area (Å²) < 4.78 is 32.8. The standard InChI is InChI=1S/C17H18F2N4O3S/c1-10(24)23-8-2-3-12(9-23)15(25)21-17-20-14(22-27-17)11-4-6-13(7-5-11)26-16(18)19/h4-7,12,16H,2-3,8-9H2,1H3,(H,20,21,22,25). The number of hydrogen-bond acceptors (Lipinski definition) is 6. The second kappa shape index (κ2) is 8.38. The third-order valence-electron chi connectivity index (χ3n) is 4.23. The van der Waals surface area contributed by atoms with Gasteiger partial charge in [0.2, 0.25) is 16.9 Å². The zero-order chi connectivity index (χ0) is 19.4. The molecule has 0 aliphatic carbocycles. The van der Waals surface area contributed by atoms with Crippen LogP contribution in [0.3, 0.4) is 0 Å². The maximum absolute atomic E-state index is 12.4. The van der Waals surface area contributed by atoms with Crippen molar-refractivity contribution in [2.75, 3.05) is 18.4 Å². The van der Waals surface area contributed by atoms with Crippen molar-refractivity contribution in [1.82, 2.24) is 14.3 Å². The van der Waals surface area contributed by atoms with E-state index in [0.717, 1.165) is 18.0 Å². The highest BCUT2D eigenvalue weighted by Crippen LogP contribution is 2.25. The largest absolute Gasteiger partial charge is 0.435 e. The maximum atomic E-state index is 12.4. The lowest BCUT2D eigenvalue weighted by atomic mass is 9.97. The van der Waals surface area contributed by atoms with E-state index >= 15 is 0 Å². The summed E-state index contributed by atoms with van der Waals surface area (Å²) in [5, 5.41) is 3.09. The zero-order valence-electron chi connectivity index (χ0n) is 14.5. The van der Waals surface area contributed by atoms with Gasteiger partial charge in [0.1, 0.15) is 5.75 Å². The summed E-state index contributed by atoms with van der Waals surface area (Å²) >= 11 is 1.03. The summed E-state index contributed by atoms with van der Waals surface area (Å²) in [5.74, 6) is -0.0761. The Bertz CT molecular complexity index is 813. The molecule has 1 unspecified atom stereocenters. The number of piperidine rings is 1. The van der Waals surface area contributed by atoms with Crippen LogP contribution in [0.4, 0.5) is 13.9 Å². The lowest BCUT2D eigenvalue weighted by molar-refractivity contribution is -0.132. The summed E-state index contributed by atoms with van der Waals surface area (Å²) in [6, 6.07) is 5.94. The molecule has 1 fully saturated rings. The number of halogens is 2. The first kappa shape index (κ1) is 19.2. The molecule has 2 aromatic rings. The molecule has 1 aromatic carbocycles. The molecule has 1 aliphatic rings. The molecule has 144 valence electrons. The molecule has 0 radical (unpaired) electrons. The molecule has 1 aromatic heterocycles. The van der Waals surface area contributed by atoms with Crippen molar-refractivity contribution in [3.05, 3.63) is 24.3 Å². The number of nitrogens with zero attached hydrogens (tertiary/aromatic N) is 3. The summed E-state index contributed by atoms with van der Waals surface area (Å²) in [7, 11) is 0. The molecular formula is C17H18F2N4O3S. The Morgan fingerprint density at radius 2 is 2.07 bits per heavy atom. The number of hydrogen-bond donors (Lipinski definition) is 1. The summed E-state index contributed by atoms with van der Waals surface area (Å²) in [6.07, 6.45) is 1.50. The molecule has 1 atom stereocenters. The van der Waals surface area contributed by atoms with Crippen LogP contribution in [0.25, 0.3) is 11.4 Å². The Hall–Kier alpha value is -2.62. The molecule has 3 rings (SSSR count). The number of rotatable bonds is 5. The highest BCUT2D eigenvalue weighted by molar-refractivity contribution is 7.10. The van der Waals surface area contributed by atoms with Gasteiger partial charge in [-0.15, -0.1) is 0 Å². The molecule has 27 heavy (non-hydrogen) atoms. The third-order valence-corrected chi connectivity index (χ3v) is 4.86. The van der Waals surface area contributed by atoms with Gasteiger partial charge in [-0.05, 0) is 37.1 Å². The number of likely N-dealkylation sites (tertiary alicyclic amines) is 1. The number of carbonyl (C=O) groups is 2. The van der Waals surface area contributed by atoms with Crippen molar-refractivity contribution in [3.8, 4) is 17.1 Å². The molecule has 0 spiro atoms. The highest BCUT2D eigenvalue weighted by atomic mass is 32.1. The maximum Gasteiger partial charge on any atom is 0.387 e. The topological polar surface area (TPSA) is 84.4 Å². The molecule has 7 nitrogen and oxygen atoms in total. The molecule has 2 heterocycles. The first-order valence-corrected chi connectivity index (χ1v) is 9.15. The van der Waals surface area contributed by atoms with E-state index < -0.39 is 6.61 Å². The minimum atomic E-state index is -2.88. The number of nitrogens with one attached hydrogen (secondary N) is 1. The fourth-order valence-electron chi connectivity index (χ4n) is 2.86. The van der Waals surface area contributed by atoms with Gasteiger partial charge < -0.3 is 15.0 Å². The number of alkyl halides is 2. The van der Waals surface area contributed by atoms with E-state index in [1.54, 1.807) is 17.0 Å². The molecule has 1 saturated heterocycles. The molecule has 1 aliphatic heterocycles. The van der Waals surface area contributed by atoms with Crippen LogP contribution in [0.5, 0.6) is 5.75 Å². The van der Waals surface area contributed by atoms with Gasteiger partial charge in [0, 0.05) is 37.1 Å². The zero-order valence-corrected chi connectivity index (χ0v) is 15.3. The second-order valence-electron chi connectivity index (χ2n) is 6.12. The molecule has 2 amide bonds. The van der Waals surface area contributed by atoms with Crippen molar-refractivity contribution < 1.29 is 23.1 Å². The normalized spacial score (nSPS) is 17.0. The Morgan fingerprint density at radius 3 is 2.74 bits per heavy atom. The summed E-state index contributed by atoms with van der Waals surface area (Å²) in [5.41, 5.74) is 0.619. The fourth-order valence-corrected chi connectivity index (χ4v) is 3.45. The number of amides is 2. The average Bonchev–Trinajstić information content (AvgIpc) is 3.10. The van der Waals surface area contributed by atoms with Crippen molar-refractivity contribution in [1.29, 1.82) is 0 Å². The molecule has 10 heteroatoms. The number of ether oxygens (including phenoxy) is 1. The van der Waals surface area contributed by atoms with Gasteiger partial charge >= 0.3 is 6.61 Å². The van der Waals surface area contributed by atoms with Crippen LogP contribution in [0, 0.1) is 5.92 Å². The second-order valence-corrected chi connectivity index (χ2v) is 6.87. The van der Waals surface area contributed by atoms with E-state index in [9.17, 15) is 18.4 Å². The van der Waals surface area contributed by atoms with Gasteiger partial charge in [-0.3, -0.25) is 9.59 Å². The quantitative estimate of drug-likeness (QED) is 0.840. The van der Waals surface area contributed by atoms with Crippen LogP contribution in [0.1, 0.15) is 19.8 Å². The van der Waals surface area contributed by atoms with Gasteiger partial charge in [-0.1, -0.05) is 0 Å². The van der Waals surface area contributed by atoms with E-state index in [0.29, 0.717) is 36.0 Å². The van der Waals surface area contributed by atoms with Crippen LogP contribution in [0.15, 0.2) is 24.3 Å². The smallest absolute Gasteiger partial charge is 0.387 e. The summed E-state index contributed by atoms with van der Waals surface area (Å²) in [4.78, 5) is 29.9. The summed E-state index contributed by atoms with van der Waals surface area (Å²) in [6.45, 7) is -0.311. The van der Waals surface area contributed by atoms with E-state index in [-0.39, 0.29) is 23.5 Å². The van der Waals surface area contributed by atoms with Gasteiger partial charge in [-0.2, -0.15) is 18.1 Å². The number of carbonyl (C=O) groups excluding carboxylic acids is 2. The van der Waals surface area contributed by atoms with Crippen LogP contribution < -0.4 is 10.1 Å². The first-order chi connectivity index (χ1) is 12.9. The predicted octanol–water partition coefficient (Wildman–Crippen LogP) is 3.00. The fraction of sp³-hybridized carbons (Fsp3) is 0.412. The minimum absolute atomic E-state index is 0.0371. The number of anilines is 1. The Kier molecular flexibility index (Phi) is 5.94. The number of aromatic nitrogens is 2. The van der Waals surface area contributed by atoms with Crippen LogP contribution >= 0.6 is 11.5 Å². The average molecular weight is 396 g/mol. The van der Waals surface area contributed by atoms with Crippen molar-refractivity contribution in [3.63, 3.8) is 0 Å². The highest BCUT2D eigenvalue weighted by Gasteiger charge is 2.27. The monoisotopic (exact) mass is 396 g/mol. The van der Waals surface area contributed by atoms with Gasteiger partial charge in [0.25, 0.3) is 0 Å². The van der Waals surface area contributed by atoms with Crippen LogP contribution in [0.2, 0.25) is 0 Å². The Labute approximate surface area is 158 Å². The van der Waals surface area contributed by atoms with E-state index in [1.807, 2.05) is 0 Å². The van der Waals surface area contributed by atoms with E-state index in [4.69, 9.17) is 0 Å². The van der Waals surface area contributed by atoms with Gasteiger partial charge in [-0.25, -0.2) is 0 Å². The third kappa shape index (κ3) is 4.97. The Balaban J connectivity index is 1.62. The van der Waals surface area contributed by atoms with Crippen LogP contribution in [-0.2, 0) is 9.59 Å². The van der Waals surface area contributed by atoms with Crippen LogP contribution in [-0.4, -0.2) is 45.8 Å². The van der Waals surface area contributed by atoms with Gasteiger partial charge in [0.15, 0.2) is 5.82 Å². The Morgan fingerprint density at radius 1 is 1.33 bits per heavy atom. The van der Waals surface area contributed by atoms with Gasteiger partial charge in [0.05, 0.1) is 5.92 Å². The molecule has 0 saturated carbocycles. The predicted molar refractivity (Wildman–Crippen MR) is 95.6 cm³/mol. The van der Waals surface area contributed by atoms with E-state index in [2.05, 4.69) is 19.4 Å². The van der Waals surface area contributed by atoms with Crippen molar-refractivity contribution >= 4 is 28.5 Å². The van der Waals surface area contributed by atoms with Crippen molar-refractivity contribution in [2.24, 2.45) is 5.92 Å². The van der Waals surface area contributed by atoms with E-state index in [1.165, 1.54) is 19.1 Å². The minimum Gasteiger partial charge on any atom is -0.435 e. The first-order valence-electron chi connectivity index (χ1n) is 8.37. The molecular weight excluding hydrogens is 378 g/mol. The molecule has 1 N–H and O–H groups in total. The lowest BCUT2D eigenvalue weighted by Crippen LogP contribution is -2.42. The SMILES string of the molecule is CC(=O)N1CCCC(C(=O)Nc2nc(-c3ccc(OC(F)F)cc3)ns2)C1.